The maximum Gasteiger partial charge on any atom is 0.387 e. The number of rotatable bonds is 6. The molecule has 0 fully saturated rings. The fourth-order valence-electron chi connectivity index (χ4n) is 1.52. The Labute approximate surface area is 107 Å². The van der Waals surface area contributed by atoms with Gasteiger partial charge >= 0.3 is 6.61 Å². The lowest BCUT2D eigenvalue weighted by molar-refractivity contribution is -0.0499. The lowest BCUT2D eigenvalue weighted by atomic mass is 10.1. The Morgan fingerprint density at radius 1 is 1.39 bits per heavy atom. The minimum atomic E-state index is -2.78. The topological polar surface area (TPSA) is 21.3 Å². The average Bonchev–Trinajstić information content (AvgIpc) is 2.27. The molecule has 1 aromatic carbocycles. The molecule has 18 heavy (non-hydrogen) atoms. The molecule has 0 aromatic heterocycles. The van der Waals surface area contributed by atoms with E-state index in [0.29, 0.717) is 0 Å². The van der Waals surface area contributed by atoms with Crippen LogP contribution in [0.3, 0.4) is 0 Å². The van der Waals surface area contributed by atoms with Gasteiger partial charge in [-0.2, -0.15) is 8.78 Å². The fraction of sp³-hybridized carbons (Fsp3) is 0.429. The zero-order valence-electron chi connectivity index (χ0n) is 10.9. The predicted molar refractivity (Wildman–Crippen MR) is 68.9 cm³/mol. The first-order valence-electron chi connectivity index (χ1n) is 5.90. The van der Waals surface area contributed by atoms with E-state index in [4.69, 9.17) is 0 Å². The Morgan fingerprint density at radius 3 is 2.72 bits per heavy atom. The van der Waals surface area contributed by atoms with E-state index in [1.807, 2.05) is 26.8 Å². The van der Waals surface area contributed by atoms with Gasteiger partial charge in [-0.25, -0.2) is 0 Å². The summed E-state index contributed by atoms with van der Waals surface area (Å²) in [6.07, 6.45) is 2.08. The van der Waals surface area contributed by atoms with Crippen LogP contribution in [0.5, 0.6) is 5.75 Å². The molecule has 1 atom stereocenters. The van der Waals surface area contributed by atoms with E-state index in [0.717, 1.165) is 12.1 Å². The van der Waals surface area contributed by atoms with Crippen LogP contribution in [0.15, 0.2) is 35.9 Å². The van der Waals surface area contributed by atoms with Crippen molar-refractivity contribution in [1.82, 2.24) is 5.32 Å². The number of alkyl halides is 2. The Hall–Kier alpha value is -1.42. The highest BCUT2D eigenvalue weighted by Crippen LogP contribution is 2.20. The summed E-state index contributed by atoms with van der Waals surface area (Å²) < 4.78 is 28.6. The lowest BCUT2D eigenvalue weighted by Crippen LogP contribution is -2.18. The van der Waals surface area contributed by atoms with Gasteiger partial charge in [0.1, 0.15) is 5.75 Å². The molecule has 1 N–H and O–H groups in total. The number of hydrogen-bond donors (Lipinski definition) is 1. The molecule has 0 heterocycles. The molecular formula is C14H19F2NO. The minimum absolute atomic E-state index is 0.0850. The van der Waals surface area contributed by atoms with Gasteiger partial charge in [-0.15, -0.1) is 0 Å². The van der Waals surface area contributed by atoms with Crippen LogP contribution >= 0.6 is 0 Å². The van der Waals surface area contributed by atoms with Crippen LogP contribution in [-0.2, 0) is 0 Å². The molecule has 1 unspecified atom stereocenters. The second kappa shape index (κ2) is 7.11. The van der Waals surface area contributed by atoms with E-state index in [1.54, 1.807) is 12.1 Å². The molecule has 0 aliphatic heterocycles. The van der Waals surface area contributed by atoms with E-state index in [2.05, 4.69) is 16.1 Å². The standard InChI is InChI=1S/C14H19F2NO/c1-10(2)7-8-17-11(3)12-5-4-6-13(9-12)18-14(15)16/h4-7,9,11,14,17H,8H2,1-3H3. The molecule has 2 nitrogen and oxygen atoms in total. The molecule has 0 spiro atoms. The van der Waals surface area contributed by atoms with Crippen molar-refractivity contribution in [2.75, 3.05) is 6.54 Å². The van der Waals surface area contributed by atoms with Crippen LogP contribution in [0.25, 0.3) is 0 Å². The normalized spacial score (nSPS) is 12.3. The van der Waals surface area contributed by atoms with Crippen molar-refractivity contribution in [3.8, 4) is 5.75 Å². The molecular weight excluding hydrogens is 236 g/mol. The first-order chi connectivity index (χ1) is 8.49. The fourth-order valence-corrected chi connectivity index (χ4v) is 1.52. The second-order valence-corrected chi connectivity index (χ2v) is 4.36. The summed E-state index contributed by atoms with van der Waals surface area (Å²) in [4.78, 5) is 0. The number of halogens is 2. The van der Waals surface area contributed by atoms with Gasteiger partial charge in [0, 0.05) is 12.6 Å². The van der Waals surface area contributed by atoms with Gasteiger partial charge in [0.15, 0.2) is 0 Å². The van der Waals surface area contributed by atoms with Gasteiger partial charge in [0.05, 0.1) is 0 Å². The number of allylic oxidation sites excluding steroid dienone is 1. The molecule has 1 rings (SSSR count). The van der Waals surface area contributed by atoms with Crippen molar-refractivity contribution in [2.45, 2.75) is 33.4 Å². The van der Waals surface area contributed by atoms with Gasteiger partial charge < -0.3 is 10.1 Å². The van der Waals surface area contributed by atoms with E-state index >= 15 is 0 Å². The number of hydrogen-bond acceptors (Lipinski definition) is 2. The monoisotopic (exact) mass is 255 g/mol. The van der Waals surface area contributed by atoms with Crippen LogP contribution in [0.2, 0.25) is 0 Å². The zero-order chi connectivity index (χ0) is 13.5. The molecule has 4 heteroatoms. The minimum Gasteiger partial charge on any atom is -0.435 e. The lowest BCUT2D eigenvalue weighted by Gasteiger charge is -2.14. The second-order valence-electron chi connectivity index (χ2n) is 4.36. The Morgan fingerprint density at radius 2 is 2.11 bits per heavy atom. The van der Waals surface area contributed by atoms with Crippen molar-refractivity contribution in [1.29, 1.82) is 0 Å². The first-order valence-corrected chi connectivity index (χ1v) is 5.90. The summed E-state index contributed by atoms with van der Waals surface area (Å²) in [6.45, 7) is 4.02. The largest absolute Gasteiger partial charge is 0.435 e. The summed E-state index contributed by atoms with van der Waals surface area (Å²) in [6, 6.07) is 6.84. The molecule has 0 amide bonds. The quantitative estimate of drug-likeness (QED) is 0.778. The van der Waals surface area contributed by atoms with Crippen molar-refractivity contribution < 1.29 is 13.5 Å². The Bertz CT molecular complexity index is 401. The van der Waals surface area contributed by atoms with Crippen LogP contribution in [-0.4, -0.2) is 13.2 Å². The van der Waals surface area contributed by atoms with Crippen molar-refractivity contribution in [3.05, 3.63) is 41.5 Å². The Balaban J connectivity index is 2.62. The molecule has 0 aliphatic rings. The first kappa shape index (κ1) is 14.6. The highest BCUT2D eigenvalue weighted by atomic mass is 19.3. The van der Waals surface area contributed by atoms with Crippen molar-refractivity contribution >= 4 is 0 Å². The molecule has 0 aliphatic carbocycles. The number of nitrogens with one attached hydrogen (secondary N) is 1. The van der Waals surface area contributed by atoms with Crippen LogP contribution in [0, 0.1) is 0 Å². The third-order valence-electron chi connectivity index (χ3n) is 2.52. The molecule has 0 saturated heterocycles. The van der Waals surface area contributed by atoms with Crippen LogP contribution < -0.4 is 10.1 Å². The highest BCUT2D eigenvalue weighted by molar-refractivity contribution is 5.30. The molecule has 0 saturated carbocycles. The van der Waals surface area contributed by atoms with E-state index < -0.39 is 6.61 Å². The van der Waals surface area contributed by atoms with Gasteiger partial charge in [-0.3, -0.25) is 0 Å². The third-order valence-corrected chi connectivity index (χ3v) is 2.52. The van der Waals surface area contributed by atoms with Crippen LogP contribution in [0.4, 0.5) is 8.78 Å². The average molecular weight is 255 g/mol. The SMILES string of the molecule is CC(C)=CCNC(C)c1cccc(OC(F)F)c1. The summed E-state index contributed by atoms with van der Waals surface area (Å²) in [7, 11) is 0. The van der Waals surface area contributed by atoms with E-state index in [-0.39, 0.29) is 11.8 Å². The number of benzene rings is 1. The molecule has 100 valence electrons. The molecule has 0 radical (unpaired) electrons. The zero-order valence-corrected chi connectivity index (χ0v) is 10.9. The maximum atomic E-state index is 12.1. The van der Waals surface area contributed by atoms with Gasteiger partial charge in [0.25, 0.3) is 0 Å². The van der Waals surface area contributed by atoms with Gasteiger partial charge in [-0.1, -0.05) is 23.8 Å². The highest BCUT2D eigenvalue weighted by Gasteiger charge is 2.08. The number of ether oxygens (including phenoxy) is 1. The summed E-state index contributed by atoms with van der Waals surface area (Å²) in [5, 5.41) is 3.29. The van der Waals surface area contributed by atoms with E-state index in [9.17, 15) is 8.78 Å². The summed E-state index contributed by atoms with van der Waals surface area (Å²) >= 11 is 0. The van der Waals surface area contributed by atoms with Gasteiger partial charge in [0.2, 0.25) is 0 Å². The van der Waals surface area contributed by atoms with E-state index in [1.165, 1.54) is 11.6 Å². The maximum absolute atomic E-state index is 12.1. The van der Waals surface area contributed by atoms with Gasteiger partial charge in [-0.05, 0) is 38.5 Å². The molecule has 1 aromatic rings. The molecule has 0 bridgehead atoms. The third kappa shape index (κ3) is 5.27. The Kier molecular flexibility index (Phi) is 5.78. The van der Waals surface area contributed by atoms with Crippen molar-refractivity contribution in [2.24, 2.45) is 0 Å². The smallest absolute Gasteiger partial charge is 0.387 e. The summed E-state index contributed by atoms with van der Waals surface area (Å²) in [5.41, 5.74) is 2.17. The van der Waals surface area contributed by atoms with Crippen molar-refractivity contribution in [3.63, 3.8) is 0 Å². The summed E-state index contributed by atoms with van der Waals surface area (Å²) in [5.74, 6) is 0.193. The van der Waals surface area contributed by atoms with Crippen LogP contribution in [0.1, 0.15) is 32.4 Å². The predicted octanol–water partition coefficient (Wildman–Crippen LogP) is 3.90.